The molecule has 8 N–H and O–H groups in total. The van der Waals surface area contributed by atoms with Crippen LogP contribution in [0.2, 0.25) is 0 Å². The summed E-state index contributed by atoms with van der Waals surface area (Å²) >= 11 is 0. The summed E-state index contributed by atoms with van der Waals surface area (Å²) in [6.45, 7) is -0.998. The van der Waals surface area contributed by atoms with Crippen molar-refractivity contribution >= 4 is 22.9 Å². The van der Waals surface area contributed by atoms with Crippen molar-refractivity contribution in [1.82, 2.24) is 24.8 Å². The number of hydrogen-bond acceptors (Lipinski definition) is 10. The maximum atomic E-state index is 11.9. The smallest absolute Gasteiger partial charge is 0.239 e. The van der Waals surface area contributed by atoms with Crippen LogP contribution in [0.25, 0.3) is 11.2 Å². The normalized spacial score (nSPS) is 27.5. The minimum absolute atomic E-state index is 0.175. The van der Waals surface area contributed by atoms with Gasteiger partial charge in [0.1, 0.15) is 30.1 Å². The predicted octanol–water partition coefficient (Wildman–Crippen LogP) is -3.54. The minimum atomic E-state index is -1.22. The molecular weight excluding hydrogens is 334 g/mol. The van der Waals surface area contributed by atoms with Crippen LogP contribution in [0.3, 0.4) is 0 Å². The second kappa shape index (κ2) is 6.85. The summed E-state index contributed by atoms with van der Waals surface area (Å²) in [5.74, 6) is -0.495. The molecule has 3 heterocycles. The fourth-order valence-corrected chi connectivity index (χ4v) is 2.72. The van der Waals surface area contributed by atoms with Crippen LogP contribution in [0.15, 0.2) is 12.7 Å². The fraction of sp³-hybridized carbons (Fsp3) is 0.538. The highest BCUT2D eigenvalue weighted by atomic mass is 16.5. The lowest BCUT2D eigenvalue weighted by Gasteiger charge is -2.22. The van der Waals surface area contributed by atoms with Crippen molar-refractivity contribution in [3.63, 3.8) is 0 Å². The summed E-state index contributed by atoms with van der Waals surface area (Å²) in [7, 11) is 0. The summed E-state index contributed by atoms with van der Waals surface area (Å²) in [4.78, 5) is 23.9. The van der Waals surface area contributed by atoms with Crippen LogP contribution < -0.4 is 16.8 Å². The Morgan fingerprint density at radius 1 is 1.40 bits per heavy atom. The molecule has 1 fully saturated rings. The highest BCUT2D eigenvalue weighted by Gasteiger charge is 2.46. The number of nitrogens with one attached hydrogen (secondary N) is 1. The average Bonchev–Trinajstić information content (AvgIpc) is 3.17. The number of carbonyl (C=O) groups is 1. The lowest BCUT2D eigenvalue weighted by Crippen LogP contribution is -2.54. The number of aromatic nitrogens is 4. The highest BCUT2D eigenvalue weighted by Crippen LogP contribution is 2.31. The Labute approximate surface area is 141 Å². The number of fused-ring (bicyclic) bond motifs is 1. The molecule has 1 aliphatic heterocycles. The molecule has 2 aromatic rings. The summed E-state index contributed by atoms with van der Waals surface area (Å²) in [6, 6.07) is -2.08. The summed E-state index contributed by atoms with van der Waals surface area (Å²) < 4.78 is 7.09. The van der Waals surface area contributed by atoms with Gasteiger partial charge in [0.2, 0.25) is 5.91 Å². The summed E-state index contributed by atoms with van der Waals surface area (Å²) in [6.07, 6.45) is -0.443. The molecular formula is C13H19N7O5. The van der Waals surface area contributed by atoms with Crippen molar-refractivity contribution in [2.75, 3.05) is 18.9 Å². The third-order valence-electron chi connectivity index (χ3n) is 4.06. The number of aliphatic hydroxyl groups is 3. The van der Waals surface area contributed by atoms with E-state index in [-0.39, 0.29) is 5.82 Å². The Kier molecular flexibility index (Phi) is 4.78. The van der Waals surface area contributed by atoms with Crippen molar-refractivity contribution in [1.29, 1.82) is 0 Å². The molecule has 0 bridgehead atoms. The maximum absolute atomic E-state index is 11.9. The standard InChI is InChI=1S/C13H19N7O5/c14-5(1-21)12(24)19-7-6(2-22)25-13(9(7)23)20-4-18-8-10(15)16-3-17-11(8)20/h3-7,9,13,21-23H,1-2,14H2,(H,19,24)(H2,15,16,17)/t5-,6+,7+,9-,13-/m1/s1. The van der Waals surface area contributed by atoms with E-state index in [4.69, 9.17) is 21.3 Å². The second-order valence-electron chi connectivity index (χ2n) is 5.64. The maximum Gasteiger partial charge on any atom is 0.239 e. The third-order valence-corrected chi connectivity index (χ3v) is 4.06. The number of hydrogen-bond donors (Lipinski definition) is 6. The monoisotopic (exact) mass is 353 g/mol. The van der Waals surface area contributed by atoms with Gasteiger partial charge in [-0.2, -0.15) is 0 Å². The number of aliphatic hydroxyl groups excluding tert-OH is 3. The zero-order valence-electron chi connectivity index (χ0n) is 13.1. The van der Waals surface area contributed by atoms with E-state index < -0.39 is 49.6 Å². The Hall–Kier alpha value is -2.38. The van der Waals surface area contributed by atoms with Crippen LogP contribution in [0.4, 0.5) is 5.82 Å². The molecule has 1 saturated heterocycles. The first kappa shape index (κ1) is 17.4. The first-order valence-corrected chi connectivity index (χ1v) is 7.52. The zero-order valence-corrected chi connectivity index (χ0v) is 13.1. The van der Waals surface area contributed by atoms with Crippen molar-refractivity contribution in [2.45, 2.75) is 30.5 Å². The van der Waals surface area contributed by atoms with E-state index in [1.807, 2.05) is 0 Å². The number of ether oxygens (including phenoxy) is 1. The second-order valence-corrected chi connectivity index (χ2v) is 5.64. The average molecular weight is 353 g/mol. The first-order valence-electron chi connectivity index (χ1n) is 7.52. The Bertz CT molecular complexity index is 768. The van der Waals surface area contributed by atoms with Gasteiger partial charge in [0.25, 0.3) is 0 Å². The van der Waals surface area contributed by atoms with Gasteiger partial charge in [0.15, 0.2) is 17.7 Å². The number of anilines is 1. The van der Waals surface area contributed by atoms with Crippen molar-refractivity contribution in [2.24, 2.45) is 5.73 Å². The number of carbonyl (C=O) groups excluding carboxylic acids is 1. The van der Waals surface area contributed by atoms with Crippen molar-refractivity contribution in [3.05, 3.63) is 12.7 Å². The van der Waals surface area contributed by atoms with Gasteiger partial charge in [0.05, 0.1) is 25.6 Å². The van der Waals surface area contributed by atoms with Gasteiger partial charge in [-0.25, -0.2) is 15.0 Å². The molecule has 12 nitrogen and oxygen atoms in total. The zero-order chi connectivity index (χ0) is 18.1. The molecule has 0 unspecified atom stereocenters. The molecule has 136 valence electrons. The summed E-state index contributed by atoms with van der Waals surface area (Å²) in [5.41, 5.74) is 11.9. The van der Waals surface area contributed by atoms with Gasteiger partial charge in [-0.3, -0.25) is 9.36 Å². The number of amides is 1. The van der Waals surface area contributed by atoms with Gasteiger partial charge >= 0.3 is 0 Å². The lowest BCUT2D eigenvalue weighted by molar-refractivity contribution is -0.125. The molecule has 5 atom stereocenters. The van der Waals surface area contributed by atoms with E-state index in [2.05, 4.69) is 20.3 Å². The Morgan fingerprint density at radius 2 is 2.16 bits per heavy atom. The van der Waals surface area contributed by atoms with Crippen LogP contribution in [0.5, 0.6) is 0 Å². The molecule has 25 heavy (non-hydrogen) atoms. The fourth-order valence-electron chi connectivity index (χ4n) is 2.72. The molecule has 1 aliphatic rings. The quantitative estimate of drug-likeness (QED) is 0.313. The predicted molar refractivity (Wildman–Crippen MR) is 83.7 cm³/mol. The van der Waals surface area contributed by atoms with E-state index in [1.54, 1.807) is 0 Å². The van der Waals surface area contributed by atoms with Crippen LogP contribution in [-0.2, 0) is 9.53 Å². The van der Waals surface area contributed by atoms with Gasteiger partial charge in [0, 0.05) is 0 Å². The molecule has 0 radical (unpaired) electrons. The minimum Gasteiger partial charge on any atom is -0.394 e. The van der Waals surface area contributed by atoms with Crippen molar-refractivity contribution in [3.8, 4) is 0 Å². The number of nitrogens with two attached hydrogens (primary N) is 2. The number of nitrogen functional groups attached to an aromatic ring is 1. The highest BCUT2D eigenvalue weighted by molar-refractivity contribution is 5.82. The molecule has 12 heteroatoms. The molecule has 3 rings (SSSR count). The largest absolute Gasteiger partial charge is 0.394 e. The topological polar surface area (TPSA) is 195 Å². The summed E-state index contributed by atoms with van der Waals surface area (Å²) in [5, 5.41) is 31.5. The number of imidazole rings is 1. The van der Waals surface area contributed by atoms with Crippen LogP contribution >= 0.6 is 0 Å². The van der Waals surface area contributed by atoms with E-state index in [0.29, 0.717) is 11.2 Å². The van der Waals surface area contributed by atoms with Gasteiger partial charge in [-0.15, -0.1) is 0 Å². The van der Waals surface area contributed by atoms with Gasteiger partial charge < -0.3 is 36.8 Å². The van der Waals surface area contributed by atoms with Gasteiger partial charge in [-0.05, 0) is 0 Å². The third kappa shape index (κ3) is 3.01. The molecule has 0 spiro atoms. The van der Waals surface area contributed by atoms with Crippen LogP contribution in [0.1, 0.15) is 6.23 Å². The number of rotatable bonds is 5. The molecule has 0 saturated carbocycles. The SMILES string of the molecule is Nc1ncnc2c1ncn2[C@@H]1O[C@@H](CO)[C@H](NC(=O)[C@H](N)CO)[C@H]1O. The van der Waals surface area contributed by atoms with Gasteiger partial charge in [-0.1, -0.05) is 0 Å². The molecule has 0 aliphatic carbocycles. The number of nitrogens with zero attached hydrogens (tertiary/aromatic N) is 4. The van der Waals surface area contributed by atoms with E-state index in [9.17, 15) is 15.0 Å². The Balaban J connectivity index is 1.88. The van der Waals surface area contributed by atoms with Crippen LogP contribution in [0, 0.1) is 0 Å². The van der Waals surface area contributed by atoms with Crippen molar-refractivity contribution < 1.29 is 24.9 Å². The lowest BCUT2D eigenvalue weighted by atomic mass is 10.1. The van der Waals surface area contributed by atoms with Crippen LogP contribution in [-0.4, -0.2) is 78.3 Å². The molecule has 2 aromatic heterocycles. The van der Waals surface area contributed by atoms with E-state index in [1.165, 1.54) is 17.2 Å². The molecule has 0 aromatic carbocycles. The van der Waals surface area contributed by atoms with E-state index in [0.717, 1.165) is 0 Å². The first-order chi connectivity index (χ1) is 12.0. The molecule has 1 amide bonds. The van der Waals surface area contributed by atoms with E-state index >= 15 is 0 Å². The Morgan fingerprint density at radius 3 is 2.84 bits per heavy atom.